The Bertz CT molecular complexity index is 269. The Morgan fingerprint density at radius 3 is 2.25 bits per heavy atom. The molecule has 0 aliphatic carbocycles. The number of rotatable bonds is 2. The van der Waals surface area contributed by atoms with E-state index in [1.54, 1.807) is 12.1 Å². The summed E-state index contributed by atoms with van der Waals surface area (Å²) in [7, 11) is -1.46. The van der Waals surface area contributed by atoms with Gasteiger partial charge < -0.3 is 10.0 Å². The topological polar surface area (TPSA) is 40.5 Å². The van der Waals surface area contributed by atoms with Crippen molar-refractivity contribution >= 4 is 13.2 Å². The van der Waals surface area contributed by atoms with Gasteiger partial charge in [0.25, 0.3) is 0 Å². The van der Waals surface area contributed by atoms with Gasteiger partial charge in [0, 0.05) is 0 Å². The maximum Gasteiger partial charge on any atom is 0.480 e. The monoisotopic (exact) mass is 166 g/mol. The summed E-state index contributed by atoms with van der Waals surface area (Å²) in [6, 6.07) is 5.72. The lowest BCUT2D eigenvalue weighted by molar-refractivity contribution is 0.424. The Labute approximate surface area is 70.1 Å². The third kappa shape index (κ3) is 2.86. The highest BCUT2D eigenvalue weighted by Crippen LogP contribution is 2.04. The molecule has 2 N–H and O–H groups in total. The molecule has 12 heavy (non-hydrogen) atoms. The van der Waals surface area contributed by atoms with E-state index in [2.05, 4.69) is 0 Å². The van der Waals surface area contributed by atoms with E-state index >= 15 is 0 Å². The zero-order valence-electron chi connectivity index (χ0n) is 6.31. The highest BCUT2D eigenvalue weighted by atomic mass is 19.1. The average Bonchev–Trinajstić information content (AvgIpc) is 2.03. The molecule has 1 aromatic rings. The van der Waals surface area contributed by atoms with Gasteiger partial charge in [0.05, 0.1) is 0 Å². The molecule has 0 unspecified atom stereocenters. The maximum atomic E-state index is 12.4. The van der Waals surface area contributed by atoms with Gasteiger partial charge in [0.2, 0.25) is 0 Å². The van der Waals surface area contributed by atoms with Crippen LogP contribution in [0, 0.1) is 5.82 Å². The van der Waals surface area contributed by atoms with Crippen molar-refractivity contribution < 1.29 is 14.4 Å². The summed E-state index contributed by atoms with van der Waals surface area (Å²) in [6.07, 6.45) is 1.50. The first-order valence-corrected chi connectivity index (χ1v) is 3.48. The zero-order chi connectivity index (χ0) is 8.97. The SMILES string of the molecule is OB(O)/C=C\c1ccc(F)cc1. The number of benzene rings is 1. The predicted octanol–water partition coefficient (Wildman–Crippen LogP) is 0.851. The molecule has 0 saturated heterocycles. The summed E-state index contributed by atoms with van der Waals surface area (Å²) in [5.74, 6) is 0.893. The molecule has 1 aromatic carbocycles. The molecule has 0 amide bonds. The minimum Gasteiger partial charge on any atom is -0.424 e. The van der Waals surface area contributed by atoms with Gasteiger partial charge in [-0.25, -0.2) is 4.39 Å². The summed E-state index contributed by atoms with van der Waals surface area (Å²) in [5, 5.41) is 16.9. The Morgan fingerprint density at radius 2 is 1.75 bits per heavy atom. The molecule has 4 heteroatoms. The molecule has 0 saturated carbocycles. The smallest absolute Gasteiger partial charge is 0.424 e. The van der Waals surface area contributed by atoms with Crippen LogP contribution in [0.15, 0.2) is 30.2 Å². The van der Waals surface area contributed by atoms with Gasteiger partial charge in [-0.1, -0.05) is 24.2 Å². The van der Waals surface area contributed by atoms with Gasteiger partial charge in [0.1, 0.15) is 5.82 Å². The van der Waals surface area contributed by atoms with E-state index in [0.717, 1.165) is 5.56 Å². The molecule has 2 nitrogen and oxygen atoms in total. The van der Waals surface area contributed by atoms with Crippen molar-refractivity contribution in [1.29, 1.82) is 0 Å². The third-order valence-corrected chi connectivity index (χ3v) is 1.33. The van der Waals surface area contributed by atoms with E-state index in [1.807, 2.05) is 0 Å². The molecular formula is C8H8BFO2. The second-order valence-electron chi connectivity index (χ2n) is 2.32. The van der Waals surface area contributed by atoms with Gasteiger partial charge in [-0.05, 0) is 17.7 Å². The molecule has 0 fully saturated rings. The van der Waals surface area contributed by atoms with Gasteiger partial charge in [0.15, 0.2) is 0 Å². The van der Waals surface area contributed by atoms with Crippen molar-refractivity contribution in [1.82, 2.24) is 0 Å². The fourth-order valence-electron chi connectivity index (χ4n) is 0.771. The van der Waals surface area contributed by atoms with Gasteiger partial charge in [-0.3, -0.25) is 0 Å². The van der Waals surface area contributed by atoms with Gasteiger partial charge in [-0.2, -0.15) is 0 Å². The van der Waals surface area contributed by atoms with Crippen LogP contribution in [0.25, 0.3) is 6.08 Å². The highest BCUT2D eigenvalue weighted by Gasteiger charge is 1.97. The van der Waals surface area contributed by atoms with Gasteiger partial charge >= 0.3 is 7.12 Å². The van der Waals surface area contributed by atoms with Crippen LogP contribution in [0.3, 0.4) is 0 Å². The number of hydrogen-bond donors (Lipinski definition) is 2. The van der Waals surface area contributed by atoms with Crippen LogP contribution in [-0.4, -0.2) is 17.2 Å². The minimum atomic E-state index is -1.46. The molecule has 62 valence electrons. The van der Waals surface area contributed by atoms with E-state index in [-0.39, 0.29) is 5.82 Å². The summed E-state index contributed by atoms with van der Waals surface area (Å²) in [6.45, 7) is 0. The third-order valence-electron chi connectivity index (χ3n) is 1.33. The first-order chi connectivity index (χ1) is 5.68. The van der Waals surface area contributed by atoms with Crippen LogP contribution in [0.4, 0.5) is 4.39 Å². The van der Waals surface area contributed by atoms with Crippen molar-refractivity contribution in [3.05, 3.63) is 41.6 Å². The molecule has 0 radical (unpaired) electrons. The van der Waals surface area contributed by atoms with Crippen molar-refractivity contribution in [3.63, 3.8) is 0 Å². The highest BCUT2D eigenvalue weighted by molar-refractivity contribution is 6.48. The molecule has 0 atom stereocenters. The molecular weight excluding hydrogens is 158 g/mol. The Hall–Kier alpha value is -1.13. The van der Waals surface area contributed by atoms with Crippen molar-refractivity contribution in [2.45, 2.75) is 0 Å². The number of halogens is 1. The quantitative estimate of drug-likeness (QED) is 0.639. The van der Waals surface area contributed by atoms with Gasteiger partial charge in [-0.15, -0.1) is 0 Å². The molecule has 0 heterocycles. The van der Waals surface area contributed by atoms with E-state index < -0.39 is 7.12 Å². The second kappa shape index (κ2) is 4.04. The Kier molecular flexibility index (Phi) is 3.02. The van der Waals surface area contributed by atoms with Crippen LogP contribution in [0.2, 0.25) is 0 Å². The summed E-state index contributed by atoms with van der Waals surface area (Å²) in [5.41, 5.74) is 0.726. The Balaban J connectivity index is 2.71. The lowest BCUT2D eigenvalue weighted by atomic mass is 9.91. The maximum absolute atomic E-state index is 12.4. The minimum absolute atomic E-state index is 0.309. The van der Waals surface area contributed by atoms with Crippen LogP contribution in [0.1, 0.15) is 5.56 Å². The molecule has 0 aliphatic heterocycles. The van der Waals surface area contributed by atoms with Crippen LogP contribution in [0.5, 0.6) is 0 Å². The van der Waals surface area contributed by atoms with E-state index in [9.17, 15) is 4.39 Å². The normalized spacial score (nSPS) is 10.6. The fraction of sp³-hybridized carbons (Fsp3) is 0. The standard InChI is InChI=1S/C8H8BFO2/c10-8-3-1-7(2-4-8)5-6-9(11)12/h1-6,11-12H/b6-5-. The largest absolute Gasteiger partial charge is 0.480 e. The van der Waals surface area contributed by atoms with Crippen LogP contribution >= 0.6 is 0 Å². The molecule has 0 aliphatic rings. The van der Waals surface area contributed by atoms with Crippen molar-refractivity contribution in [2.24, 2.45) is 0 Å². The van der Waals surface area contributed by atoms with E-state index in [1.165, 1.54) is 24.2 Å². The lowest BCUT2D eigenvalue weighted by Gasteiger charge is -1.92. The lowest BCUT2D eigenvalue weighted by Crippen LogP contribution is -2.05. The average molecular weight is 166 g/mol. The fourth-order valence-corrected chi connectivity index (χ4v) is 0.771. The summed E-state index contributed by atoms with van der Waals surface area (Å²) in [4.78, 5) is 0. The van der Waals surface area contributed by atoms with E-state index in [0.29, 0.717) is 0 Å². The molecule has 0 aromatic heterocycles. The Morgan fingerprint density at radius 1 is 1.17 bits per heavy atom. The first-order valence-electron chi connectivity index (χ1n) is 3.48. The zero-order valence-corrected chi connectivity index (χ0v) is 6.31. The van der Waals surface area contributed by atoms with Crippen molar-refractivity contribution in [3.8, 4) is 0 Å². The molecule has 1 rings (SSSR count). The van der Waals surface area contributed by atoms with E-state index in [4.69, 9.17) is 10.0 Å². The van der Waals surface area contributed by atoms with Crippen LogP contribution < -0.4 is 0 Å². The summed E-state index contributed by atoms with van der Waals surface area (Å²) >= 11 is 0. The van der Waals surface area contributed by atoms with Crippen LogP contribution in [-0.2, 0) is 0 Å². The first kappa shape index (κ1) is 8.97. The summed E-state index contributed by atoms with van der Waals surface area (Å²) < 4.78 is 12.4. The predicted molar refractivity (Wildman–Crippen MR) is 45.6 cm³/mol. The second-order valence-corrected chi connectivity index (χ2v) is 2.32. The molecule has 0 bridgehead atoms. The van der Waals surface area contributed by atoms with Crippen molar-refractivity contribution in [2.75, 3.05) is 0 Å². The molecule has 0 spiro atoms. The number of hydrogen-bond acceptors (Lipinski definition) is 2.